The minimum absolute atomic E-state index is 0.126. The predicted molar refractivity (Wildman–Crippen MR) is 118 cm³/mol. The monoisotopic (exact) mass is 451 g/mol. The number of nitrogens with zero attached hydrogens (tertiary/aromatic N) is 2. The van der Waals surface area contributed by atoms with Crippen LogP contribution in [0.1, 0.15) is 15.9 Å². The van der Waals surface area contributed by atoms with Crippen LogP contribution in [0, 0.1) is 6.92 Å². The van der Waals surface area contributed by atoms with Crippen LogP contribution in [0.5, 0.6) is 0 Å². The number of hydrogen-bond acceptors (Lipinski definition) is 5. The van der Waals surface area contributed by atoms with Crippen molar-refractivity contribution in [2.45, 2.75) is 11.8 Å². The molecular formula is C21H26ClN3O4S. The Balaban J connectivity index is 1.73. The highest BCUT2D eigenvalue weighted by Gasteiger charge is 2.29. The lowest BCUT2D eigenvalue weighted by atomic mass is 10.1. The summed E-state index contributed by atoms with van der Waals surface area (Å²) in [5, 5.41) is 3.39. The van der Waals surface area contributed by atoms with Gasteiger partial charge in [0.15, 0.2) is 0 Å². The van der Waals surface area contributed by atoms with E-state index in [1.807, 2.05) is 24.3 Å². The van der Waals surface area contributed by atoms with E-state index in [4.69, 9.17) is 16.3 Å². The van der Waals surface area contributed by atoms with Crippen molar-refractivity contribution in [3.05, 3.63) is 58.6 Å². The molecule has 0 bridgehead atoms. The van der Waals surface area contributed by atoms with Gasteiger partial charge in [0.25, 0.3) is 5.91 Å². The van der Waals surface area contributed by atoms with E-state index in [-0.39, 0.29) is 10.8 Å². The van der Waals surface area contributed by atoms with E-state index in [0.29, 0.717) is 49.9 Å². The Bertz CT molecular complexity index is 1010. The molecule has 0 spiro atoms. The van der Waals surface area contributed by atoms with E-state index in [2.05, 4.69) is 10.2 Å². The first-order valence-corrected chi connectivity index (χ1v) is 11.5. The van der Waals surface area contributed by atoms with Gasteiger partial charge < -0.3 is 15.0 Å². The highest BCUT2D eigenvalue weighted by Crippen LogP contribution is 2.24. The van der Waals surface area contributed by atoms with Crippen LogP contribution in [0.15, 0.2) is 47.4 Å². The molecule has 1 heterocycles. The maximum atomic E-state index is 13.2. The van der Waals surface area contributed by atoms with Crippen LogP contribution in [-0.2, 0) is 14.8 Å². The summed E-state index contributed by atoms with van der Waals surface area (Å²) in [5.41, 5.74) is 2.05. The zero-order chi connectivity index (χ0) is 21.7. The Kier molecular flexibility index (Phi) is 7.36. The van der Waals surface area contributed by atoms with Gasteiger partial charge in [-0.2, -0.15) is 4.31 Å². The Morgan fingerprint density at radius 3 is 2.53 bits per heavy atom. The fourth-order valence-electron chi connectivity index (χ4n) is 3.38. The van der Waals surface area contributed by atoms with Crippen molar-refractivity contribution in [2.24, 2.45) is 0 Å². The number of benzene rings is 2. The lowest BCUT2D eigenvalue weighted by Gasteiger charge is -2.35. The molecule has 1 fully saturated rings. The van der Waals surface area contributed by atoms with Crippen LogP contribution < -0.4 is 10.2 Å². The topological polar surface area (TPSA) is 78.9 Å². The fourth-order valence-corrected chi connectivity index (χ4v) is 5.01. The third-order valence-electron chi connectivity index (χ3n) is 5.10. The van der Waals surface area contributed by atoms with E-state index in [9.17, 15) is 13.2 Å². The molecule has 1 N–H and O–H groups in total. The van der Waals surface area contributed by atoms with Crippen molar-refractivity contribution in [3.8, 4) is 0 Å². The Labute approximate surface area is 182 Å². The number of sulfonamides is 1. The van der Waals surface area contributed by atoms with Crippen molar-refractivity contribution < 1.29 is 17.9 Å². The van der Waals surface area contributed by atoms with Gasteiger partial charge in [-0.05, 0) is 42.8 Å². The summed E-state index contributed by atoms with van der Waals surface area (Å²) < 4.78 is 32.7. The van der Waals surface area contributed by atoms with Gasteiger partial charge in [-0.3, -0.25) is 4.79 Å². The Morgan fingerprint density at radius 1 is 1.13 bits per heavy atom. The number of amides is 1. The molecule has 30 heavy (non-hydrogen) atoms. The first-order chi connectivity index (χ1) is 14.3. The molecule has 1 saturated heterocycles. The molecule has 2 aromatic carbocycles. The molecule has 3 rings (SSSR count). The number of halogens is 1. The van der Waals surface area contributed by atoms with Crippen LogP contribution in [0.25, 0.3) is 0 Å². The minimum Gasteiger partial charge on any atom is -0.383 e. The average molecular weight is 452 g/mol. The number of carbonyl (C=O) groups is 1. The Hall–Kier alpha value is -2.13. The quantitative estimate of drug-likeness (QED) is 0.654. The number of aryl methyl sites for hydroxylation is 1. The van der Waals surface area contributed by atoms with Gasteiger partial charge in [0, 0.05) is 56.1 Å². The van der Waals surface area contributed by atoms with Crippen molar-refractivity contribution in [2.75, 3.05) is 51.3 Å². The summed E-state index contributed by atoms with van der Waals surface area (Å²) in [5.74, 6) is -0.313. The Morgan fingerprint density at radius 2 is 1.87 bits per heavy atom. The highest BCUT2D eigenvalue weighted by atomic mass is 35.5. The SMILES string of the molecule is COCCNC(=O)c1cc(S(=O)(=O)N2CCN(c3cccc(Cl)c3)CC2)ccc1C. The summed E-state index contributed by atoms with van der Waals surface area (Å²) >= 11 is 6.07. The molecule has 1 amide bonds. The van der Waals surface area contributed by atoms with E-state index in [0.717, 1.165) is 11.3 Å². The van der Waals surface area contributed by atoms with Crippen molar-refractivity contribution >= 4 is 33.2 Å². The second-order valence-electron chi connectivity index (χ2n) is 7.10. The van der Waals surface area contributed by atoms with Crippen LogP contribution in [0.3, 0.4) is 0 Å². The van der Waals surface area contributed by atoms with Crippen LogP contribution >= 0.6 is 11.6 Å². The van der Waals surface area contributed by atoms with Crippen LogP contribution in [-0.4, -0.2) is 65.1 Å². The van der Waals surface area contributed by atoms with Crippen LogP contribution in [0.4, 0.5) is 5.69 Å². The second-order valence-corrected chi connectivity index (χ2v) is 9.47. The summed E-state index contributed by atoms with van der Waals surface area (Å²) in [6, 6.07) is 12.2. The lowest BCUT2D eigenvalue weighted by Crippen LogP contribution is -2.48. The number of anilines is 1. The fraction of sp³-hybridized carbons (Fsp3) is 0.381. The normalized spacial score (nSPS) is 15.2. The molecule has 2 aromatic rings. The molecule has 0 saturated carbocycles. The highest BCUT2D eigenvalue weighted by molar-refractivity contribution is 7.89. The number of hydrogen-bond donors (Lipinski definition) is 1. The number of nitrogens with one attached hydrogen (secondary N) is 1. The smallest absolute Gasteiger partial charge is 0.251 e. The second kappa shape index (κ2) is 9.78. The molecule has 0 unspecified atom stereocenters. The van der Waals surface area contributed by atoms with Gasteiger partial charge in [0.2, 0.25) is 10.0 Å². The molecule has 1 aliphatic heterocycles. The number of rotatable bonds is 7. The van der Waals surface area contributed by atoms with Crippen molar-refractivity contribution in [3.63, 3.8) is 0 Å². The van der Waals surface area contributed by atoms with Gasteiger partial charge in [-0.1, -0.05) is 23.7 Å². The van der Waals surface area contributed by atoms with Crippen molar-refractivity contribution in [1.82, 2.24) is 9.62 Å². The average Bonchev–Trinajstić information content (AvgIpc) is 2.74. The van der Waals surface area contributed by atoms with E-state index in [1.54, 1.807) is 26.2 Å². The van der Waals surface area contributed by atoms with Gasteiger partial charge in [0.05, 0.1) is 11.5 Å². The third-order valence-corrected chi connectivity index (χ3v) is 7.22. The van der Waals surface area contributed by atoms with Gasteiger partial charge in [-0.25, -0.2) is 8.42 Å². The van der Waals surface area contributed by atoms with E-state index < -0.39 is 10.0 Å². The van der Waals surface area contributed by atoms with Gasteiger partial charge in [-0.15, -0.1) is 0 Å². The van der Waals surface area contributed by atoms with E-state index >= 15 is 0 Å². The van der Waals surface area contributed by atoms with Crippen molar-refractivity contribution in [1.29, 1.82) is 0 Å². The summed E-state index contributed by atoms with van der Waals surface area (Å²) in [6.07, 6.45) is 0. The maximum Gasteiger partial charge on any atom is 0.251 e. The molecular weight excluding hydrogens is 426 g/mol. The largest absolute Gasteiger partial charge is 0.383 e. The molecule has 7 nitrogen and oxygen atoms in total. The first-order valence-electron chi connectivity index (χ1n) is 9.71. The third kappa shape index (κ3) is 5.13. The standard InChI is InChI=1S/C21H26ClN3O4S/c1-16-6-7-19(15-20(16)21(26)23-8-13-29-2)30(27,28)25-11-9-24(10-12-25)18-5-3-4-17(22)14-18/h3-7,14-15H,8-13H2,1-2H3,(H,23,26). The van der Waals surface area contributed by atoms with Gasteiger partial charge >= 0.3 is 0 Å². The number of carbonyl (C=O) groups excluding carboxylic acids is 1. The van der Waals surface area contributed by atoms with Crippen LogP contribution in [0.2, 0.25) is 5.02 Å². The maximum absolute atomic E-state index is 13.2. The predicted octanol–water partition coefficient (Wildman–Crippen LogP) is 2.54. The van der Waals surface area contributed by atoms with Gasteiger partial charge in [0.1, 0.15) is 0 Å². The summed E-state index contributed by atoms with van der Waals surface area (Å²) in [6.45, 7) is 4.38. The molecule has 162 valence electrons. The molecule has 1 aliphatic rings. The molecule has 9 heteroatoms. The number of ether oxygens (including phenoxy) is 1. The number of piperazine rings is 1. The first kappa shape index (κ1) is 22.6. The molecule has 0 radical (unpaired) electrons. The molecule has 0 aromatic heterocycles. The lowest BCUT2D eigenvalue weighted by molar-refractivity contribution is 0.0936. The zero-order valence-corrected chi connectivity index (χ0v) is 18.7. The minimum atomic E-state index is -3.70. The number of methoxy groups -OCH3 is 1. The summed E-state index contributed by atoms with van der Waals surface area (Å²) in [7, 11) is -2.15. The molecule has 0 aliphatic carbocycles. The molecule has 0 atom stereocenters. The summed E-state index contributed by atoms with van der Waals surface area (Å²) in [4.78, 5) is 14.7. The van der Waals surface area contributed by atoms with E-state index in [1.165, 1.54) is 10.4 Å². The zero-order valence-electron chi connectivity index (χ0n) is 17.1.